The average molecular weight is 424 g/mol. The van der Waals surface area contributed by atoms with Gasteiger partial charge in [-0.1, -0.05) is 34.8 Å². The van der Waals surface area contributed by atoms with Gasteiger partial charge in [-0.2, -0.15) is 5.10 Å². The van der Waals surface area contributed by atoms with E-state index in [2.05, 4.69) is 5.10 Å². The molecular formula is C19H13Cl3N2O3. The summed E-state index contributed by atoms with van der Waals surface area (Å²) >= 11 is 18.5. The minimum atomic E-state index is -0.515. The summed E-state index contributed by atoms with van der Waals surface area (Å²) in [4.78, 5) is 12.4. The molecule has 8 heteroatoms. The maximum absolute atomic E-state index is 12.4. The van der Waals surface area contributed by atoms with Crippen molar-refractivity contribution >= 4 is 40.8 Å². The lowest BCUT2D eigenvalue weighted by molar-refractivity contribution is 0.0516. The number of carbonyl (C=O) groups is 1. The number of rotatable bonds is 3. The Kier molecular flexibility index (Phi) is 4.76. The lowest BCUT2D eigenvalue weighted by atomic mass is 10.0. The monoisotopic (exact) mass is 422 g/mol. The fourth-order valence-electron chi connectivity index (χ4n) is 3.02. The molecule has 0 saturated carbocycles. The largest absolute Gasteiger partial charge is 0.488 e. The van der Waals surface area contributed by atoms with E-state index in [4.69, 9.17) is 44.3 Å². The van der Waals surface area contributed by atoms with Crippen molar-refractivity contribution in [2.24, 2.45) is 0 Å². The van der Waals surface area contributed by atoms with E-state index < -0.39 is 5.97 Å². The Hall–Kier alpha value is -2.21. The Balaban J connectivity index is 1.99. The van der Waals surface area contributed by atoms with E-state index in [0.29, 0.717) is 37.8 Å². The molecule has 0 unspecified atom stereocenters. The molecule has 2 aromatic carbocycles. The van der Waals surface area contributed by atoms with Gasteiger partial charge in [0.1, 0.15) is 12.4 Å². The van der Waals surface area contributed by atoms with Crippen molar-refractivity contribution in [3.05, 3.63) is 62.7 Å². The molecular weight excluding hydrogens is 411 g/mol. The zero-order chi connectivity index (χ0) is 19.1. The van der Waals surface area contributed by atoms with Gasteiger partial charge in [0.15, 0.2) is 5.69 Å². The summed E-state index contributed by atoms with van der Waals surface area (Å²) in [6.45, 7) is 2.16. The highest BCUT2D eigenvalue weighted by molar-refractivity contribution is 6.35. The molecule has 1 aromatic heterocycles. The molecule has 0 atom stereocenters. The maximum atomic E-state index is 12.4. The highest BCUT2D eigenvalue weighted by Gasteiger charge is 2.31. The highest BCUT2D eigenvalue weighted by Crippen LogP contribution is 2.42. The molecule has 0 bridgehead atoms. The first kappa shape index (κ1) is 18.2. The van der Waals surface area contributed by atoms with Crippen molar-refractivity contribution in [2.75, 3.05) is 6.61 Å². The van der Waals surface area contributed by atoms with Crippen LogP contribution in [0.15, 0.2) is 36.4 Å². The SMILES string of the molecule is CCOC(=O)c1nn(-c2ccc(Cl)cc2Cl)c2c1COc1cc(Cl)ccc1-2. The molecule has 2 heterocycles. The fourth-order valence-corrected chi connectivity index (χ4v) is 3.67. The Bertz CT molecular complexity index is 1060. The van der Waals surface area contributed by atoms with Crippen molar-refractivity contribution < 1.29 is 14.3 Å². The number of hydrogen-bond acceptors (Lipinski definition) is 4. The van der Waals surface area contributed by atoms with Crippen molar-refractivity contribution in [2.45, 2.75) is 13.5 Å². The van der Waals surface area contributed by atoms with Crippen LogP contribution in [0.3, 0.4) is 0 Å². The van der Waals surface area contributed by atoms with E-state index in [1.165, 1.54) is 0 Å². The van der Waals surface area contributed by atoms with Crippen LogP contribution < -0.4 is 4.74 Å². The standard InChI is InChI=1S/C19H13Cl3N2O3/c1-2-26-19(25)17-13-9-27-16-8-11(21)3-5-12(16)18(13)24(23-17)15-6-4-10(20)7-14(15)22/h3-8H,2,9H2,1H3. The smallest absolute Gasteiger partial charge is 0.359 e. The van der Waals surface area contributed by atoms with E-state index >= 15 is 0 Å². The van der Waals surface area contributed by atoms with Crippen LogP contribution in [-0.2, 0) is 11.3 Å². The second-order valence-corrected chi connectivity index (χ2v) is 7.11. The zero-order valence-corrected chi connectivity index (χ0v) is 16.4. The lowest BCUT2D eigenvalue weighted by Gasteiger charge is -2.20. The molecule has 0 amide bonds. The third-order valence-corrected chi connectivity index (χ3v) is 4.93. The summed E-state index contributed by atoms with van der Waals surface area (Å²) in [6.07, 6.45) is 0. The lowest BCUT2D eigenvalue weighted by Crippen LogP contribution is -2.11. The first-order chi connectivity index (χ1) is 13.0. The fraction of sp³-hybridized carbons (Fsp3) is 0.158. The molecule has 0 fully saturated rings. The minimum absolute atomic E-state index is 0.169. The van der Waals surface area contributed by atoms with Gasteiger partial charge in [0.05, 0.1) is 28.6 Å². The Morgan fingerprint density at radius 1 is 1.19 bits per heavy atom. The van der Waals surface area contributed by atoms with Crippen molar-refractivity contribution in [1.82, 2.24) is 9.78 Å². The second-order valence-electron chi connectivity index (χ2n) is 5.83. The van der Waals surface area contributed by atoms with Gasteiger partial charge in [0.25, 0.3) is 0 Å². The van der Waals surface area contributed by atoms with Gasteiger partial charge in [-0.05, 0) is 43.3 Å². The molecule has 138 valence electrons. The van der Waals surface area contributed by atoms with Crippen LogP contribution in [0.4, 0.5) is 0 Å². The van der Waals surface area contributed by atoms with Gasteiger partial charge < -0.3 is 9.47 Å². The Labute approximate surface area is 170 Å². The summed E-state index contributed by atoms with van der Waals surface area (Å²) in [5.41, 5.74) is 2.89. The van der Waals surface area contributed by atoms with E-state index in [1.807, 2.05) is 6.07 Å². The Morgan fingerprint density at radius 2 is 1.93 bits per heavy atom. The summed E-state index contributed by atoms with van der Waals surface area (Å²) in [7, 11) is 0. The van der Waals surface area contributed by atoms with Crippen molar-refractivity contribution in [1.29, 1.82) is 0 Å². The van der Waals surface area contributed by atoms with Gasteiger partial charge >= 0.3 is 5.97 Å². The molecule has 27 heavy (non-hydrogen) atoms. The molecule has 0 aliphatic carbocycles. The van der Waals surface area contributed by atoms with Gasteiger partial charge in [0, 0.05) is 15.6 Å². The summed E-state index contributed by atoms with van der Waals surface area (Å²) in [5, 5.41) is 5.96. The highest BCUT2D eigenvalue weighted by atomic mass is 35.5. The van der Waals surface area contributed by atoms with Gasteiger partial charge in [-0.25, -0.2) is 9.48 Å². The summed E-state index contributed by atoms with van der Waals surface area (Å²) < 4.78 is 12.6. The quantitative estimate of drug-likeness (QED) is 0.517. The normalized spacial score (nSPS) is 12.1. The van der Waals surface area contributed by atoms with E-state index in [9.17, 15) is 4.79 Å². The minimum Gasteiger partial charge on any atom is -0.488 e. The number of aromatic nitrogens is 2. The second kappa shape index (κ2) is 7.08. The summed E-state index contributed by atoms with van der Waals surface area (Å²) in [6, 6.07) is 10.4. The third-order valence-electron chi connectivity index (χ3n) is 4.16. The van der Waals surface area contributed by atoms with Crippen LogP contribution in [0.25, 0.3) is 16.9 Å². The first-order valence-electron chi connectivity index (χ1n) is 8.16. The number of halogens is 3. The topological polar surface area (TPSA) is 53.3 Å². The molecule has 3 aromatic rings. The number of esters is 1. The van der Waals surface area contributed by atoms with Gasteiger partial charge in [0.2, 0.25) is 0 Å². The van der Waals surface area contributed by atoms with Crippen molar-refractivity contribution in [3.63, 3.8) is 0 Å². The van der Waals surface area contributed by atoms with E-state index in [-0.39, 0.29) is 18.9 Å². The molecule has 1 aliphatic rings. The van der Waals surface area contributed by atoms with Crippen molar-refractivity contribution in [3.8, 4) is 22.7 Å². The molecule has 5 nitrogen and oxygen atoms in total. The molecule has 4 rings (SSSR count). The van der Waals surface area contributed by atoms with Crippen LogP contribution in [-0.4, -0.2) is 22.4 Å². The van der Waals surface area contributed by atoms with E-state index in [1.54, 1.807) is 41.9 Å². The average Bonchev–Trinajstić information content (AvgIpc) is 3.01. The Morgan fingerprint density at radius 3 is 2.67 bits per heavy atom. The van der Waals surface area contributed by atoms with Crippen LogP contribution >= 0.6 is 34.8 Å². The number of nitrogens with zero attached hydrogens (tertiary/aromatic N) is 2. The molecule has 1 aliphatic heterocycles. The first-order valence-corrected chi connectivity index (χ1v) is 9.30. The van der Waals surface area contributed by atoms with Crippen LogP contribution in [0.5, 0.6) is 5.75 Å². The number of hydrogen-bond donors (Lipinski definition) is 0. The zero-order valence-electron chi connectivity index (χ0n) is 14.1. The third kappa shape index (κ3) is 3.16. The molecule has 0 N–H and O–H groups in total. The predicted molar refractivity (Wildman–Crippen MR) is 104 cm³/mol. The number of ether oxygens (including phenoxy) is 2. The van der Waals surface area contributed by atoms with E-state index in [0.717, 1.165) is 5.56 Å². The van der Waals surface area contributed by atoms with Crippen LogP contribution in [0.2, 0.25) is 15.1 Å². The molecule has 0 spiro atoms. The van der Waals surface area contributed by atoms with Crippen LogP contribution in [0.1, 0.15) is 23.0 Å². The number of benzene rings is 2. The number of carbonyl (C=O) groups excluding carboxylic acids is 1. The molecule has 0 radical (unpaired) electrons. The van der Waals surface area contributed by atoms with Gasteiger partial charge in [-0.3, -0.25) is 0 Å². The molecule has 0 saturated heterocycles. The van der Waals surface area contributed by atoms with Gasteiger partial charge in [-0.15, -0.1) is 0 Å². The summed E-state index contributed by atoms with van der Waals surface area (Å²) in [5.74, 6) is 0.0928. The van der Waals surface area contributed by atoms with Crippen LogP contribution in [0, 0.1) is 0 Å². The predicted octanol–water partition coefficient (Wildman–Crippen LogP) is 5.57. The maximum Gasteiger partial charge on any atom is 0.359 e. The number of fused-ring (bicyclic) bond motifs is 3.